The molecule has 0 aromatic heterocycles. The summed E-state index contributed by atoms with van der Waals surface area (Å²) in [6.45, 7) is 12.3. The molecule has 0 aliphatic carbocycles. The smallest absolute Gasteiger partial charge is 0.336 e. The lowest BCUT2D eigenvalue weighted by Crippen LogP contribution is -2.69. The maximum atomic E-state index is 12.3. The molecular formula is C23H33NO4SSi. The summed E-state index contributed by atoms with van der Waals surface area (Å²) in [4.78, 5) is 0. The molecule has 3 rings (SSSR count). The SMILES string of the molecule is C[C@H](O[Si](c1ccccc1)(c1ccccc1)C(C)(C)C)[C@@H]1CC(C)(C)NS(=O)(=O)O1. The molecule has 0 radical (unpaired) electrons. The van der Waals surface area contributed by atoms with Crippen LogP contribution in [0.4, 0.5) is 0 Å². The molecule has 2 aromatic rings. The molecular weight excluding hydrogens is 414 g/mol. The van der Waals surface area contributed by atoms with Crippen LogP contribution in [-0.2, 0) is 18.9 Å². The average molecular weight is 448 g/mol. The molecule has 1 heterocycles. The normalized spacial score (nSPS) is 22.4. The lowest BCUT2D eigenvalue weighted by Gasteiger charge is -2.47. The summed E-state index contributed by atoms with van der Waals surface area (Å²) in [7, 11) is -6.60. The van der Waals surface area contributed by atoms with Crippen LogP contribution in [-0.4, -0.2) is 34.5 Å². The van der Waals surface area contributed by atoms with Gasteiger partial charge in [-0.1, -0.05) is 81.4 Å². The highest BCUT2D eigenvalue weighted by Crippen LogP contribution is 2.39. The highest BCUT2D eigenvalue weighted by atomic mass is 32.2. The highest BCUT2D eigenvalue weighted by Gasteiger charge is 2.52. The van der Waals surface area contributed by atoms with Gasteiger partial charge in [-0.3, -0.25) is 4.18 Å². The van der Waals surface area contributed by atoms with E-state index in [2.05, 4.69) is 49.8 Å². The van der Waals surface area contributed by atoms with Gasteiger partial charge in [0, 0.05) is 5.54 Å². The van der Waals surface area contributed by atoms with Crippen LogP contribution in [0.3, 0.4) is 0 Å². The van der Waals surface area contributed by atoms with Gasteiger partial charge in [-0.05, 0) is 42.6 Å². The van der Waals surface area contributed by atoms with E-state index < -0.39 is 36.4 Å². The molecule has 1 saturated heterocycles. The standard InChI is InChI=1S/C23H33NO4SSi/c1-18(21-17-23(5,6)24-29(25,26)27-21)28-30(22(2,3)4,19-13-9-7-10-14-19)20-15-11-8-12-16-20/h7-16,18,21,24H,17H2,1-6H3/t18-,21-/m0/s1. The van der Waals surface area contributed by atoms with Crippen LogP contribution in [0.2, 0.25) is 5.04 Å². The number of nitrogens with one attached hydrogen (secondary N) is 1. The van der Waals surface area contributed by atoms with Crippen molar-refractivity contribution in [1.29, 1.82) is 0 Å². The van der Waals surface area contributed by atoms with E-state index >= 15 is 0 Å². The third kappa shape index (κ3) is 4.70. The monoisotopic (exact) mass is 447 g/mol. The Morgan fingerprint density at radius 1 is 1.03 bits per heavy atom. The molecule has 0 spiro atoms. The number of hydrogen-bond donors (Lipinski definition) is 1. The molecule has 2 atom stereocenters. The Kier molecular flexibility index (Phi) is 6.33. The molecule has 0 bridgehead atoms. The summed E-state index contributed by atoms with van der Waals surface area (Å²) < 4.78 is 39.7. The van der Waals surface area contributed by atoms with Crippen LogP contribution in [0, 0.1) is 0 Å². The zero-order chi connectivity index (χ0) is 22.2. The molecule has 0 saturated carbocycles. The number of hydrogen-bond acceptors (Lipinski definition) is 4. The van der Waals surface area contributed by atoms with E-state index in [-0.39, 0.29) is 5.04 Å². The Morgan fingerprint density at radius 3 is 1.90 bits per heavy atom. The fraction of sp³-hybridized carbons (Fsp3) is 0.478. The lowest BCUT2D eigenvalue weighted by atomic mass is 9.96. The summed E-state index contributed by atoms with van der Waals surface area (Å²) in [5, 5.41) is 2.13. The number of benzene rings is 2. The zero-order valence-corrected chi connectivity index (χ0v) is 20.5. The Labute approximate surface area is 182 Å². The van der Waals surface area contributed by atoms with Crippen molar-refractivity contribution >= 4 is 29.0 Å². The molecule has 164 valence electrons. The van der Waals surface area contributed by atoms with Gasteiger partial charge < -0.3 is 4.43 Å². The molecule has 1 aliphatic heterocycles. The van der Waals surface area contributed by atoms with E-state index in [4.69, 9.17) is 8.61 Å². The fourth-order valence-electron chi connectivity index (χ4n) is 4.39. The molecule has 2 aromatic carbocycles. The van der Waals surface area contributed by atoms with Crippen molar-refractivity contribution in [3.8, 4) is 0 Å². The van der Waals surface area contributed by atoms with Crippen molar-refractivity contribution in [2.45, 2.75) is 70.7 Å². The van der Waals surface area contributed by atoms with Gasteiger partial charge in [0.1, 0.15) is 6.10 Å². The van der Waals surface area contributed by atoms with Gasteiger partial charge in [0.25, 0.3) is 8.32 Å². The second kappa shape index (κ2) is 8.20. The Bertz CT molecular complexity index is 916. The molecule has 1 N–H and O–H groups in total. The van der Waals surface area contributed by atoms with Crippen LogP contribution in [0.25, 0.3) is 0 Å². The fourth-order valence-corrected chi connectivity index (χ4v) is 10.5. The predicted molar refractivity (Wildman–Crippen MR) is 124 cm³/mol. The van der Waals surface area contributed by atoms with Gasteiger partial charge in [0.15, 0.2) is 0 Å². The van der Waals surface area contributed by atoms with Crippen molar-refractivity contribution in [1.82, 2.24) is 4.72 Å². The summed E-state index contributed by atoms with van der Waals surface area (Å²) in [6, 6.07) is 20.7. The predicted octanol–water partition coefficient (Wildman–Crippen LogP) is 3.35. The molecule has 0 unspecified atom stereocenters. The van der Waals surface area contributed by atoms with Gasteiger partial charge in [0.2, 0.25) is 0 Å². The maximum Gasteiger partial charge on any atom is 0.336 e. The van der Waals surface area contributed by atoms with Crippen molar-refractivity contribution in [3.05, 3.63) is 60.7 Å². The van der Waals surface area contributed by atoms with Crippen molar-refractivity contribution in [2.75, 3.05) is 0 Å². The van der Waals surface area contributed by atoms with Gasteiger partial charge in [0.05, 0.1) is 6.10 Å². The quantitative estimate of drug-likeness (QED) is 0.714. The van der Waals surface area contributed by atoms with Crippen molar-refractivity contribution in [2.24, 2.45) is 0 Å². The van der Waals surface area contributed by atoms with E-state index in [0.29, 0.717) is 6.42 Å². The minimum atomic E-state index is -3.82. The zero-order valence-electron chi connectivity index (χ0n) is 18.7. The largest absolute Gasteiger partial charge is 0.402 e. The summed E-state index contributed by atoms with van der Waals surface area (Å²) in [5.74, 6) is 0. The van der Waals surface area contributed by atoms with E-state index in [1.54, 1.807) is 0 Å². The first-order valence-electron chi connectivity index (χ1n) is 10.4. The van der Waals surface area contributed by atoms with E-state index in [1.165, 1.54) is 0 Å². The first-order valence-corrected chi connectivity index (χ1v) is 13.7. The summed E-state index contributed by atoms with van der Waals surface area (Å²) in [5.41, 5.74) is -0.592. The minimum absolute atomic E-state index is 0.189. The van der Waals surface area contributed by atoms with Crippen LogP contribution in [0.1, 0.15) is 48.0 Å². The van der Waals surface area contributed by atoms with Gasteiger partial charge in [-0.2, -0.15) is 13.1 Å². The van der Waals surface area contributed by atoms with E-state index in [1.807, 2.05) is 57.2 Å². The first kappa shape index (κ1) is 23.2. The second-order valence-corrected chi connectivity index (χ2v) is 15.3. The topological polar surface area (TPSA) is 64.6 Å². The Morgan fingerprint density at radius 2 is 1.50 bits per heavy atom. The Balaban J connectivity index is 2.10. The van der Waals surface area contributed by atoms with E-state index in [9.17, 15) is 8.42 Å². The number of rotatable bonds is 5. The van der Waals surface area contributed by atoms with Crippen LogP contribution in [0.5, 0.6) is 0 Å². The third-order valence-corrected chi connectivity index (χ3v) is 12.1. The van der Waals surface area contributed by atoms with Crippen LogP contribution in [0.15, 0.2) is 60.7 Å². The van der Waals surface area contributed by atoms with Crippen molar-refractivity contribution < 1.29 is 17.0 Å². The van der Waals surface area contributed by atoms with Gasteiger partial charge in [-0.15, -0.1) is 0 Å². The minimum Gasteiger partial charge on any atom is -0.402 e. The summed E-state index contributed by atoms with van der Waals surface area (Å²) >= 11 is 0. The van der Waals surface area contributed by atoms with Crippen molar-refractivity contribution in [3.63, 3.8) is 0 Å². The molecule has 7 heteroatoms. The highest BCUT2D eigenvalue weighted by molar-refractivity contribution is 7.84. The van der Waals surface area contributed by atoms with Gasteiger partial charge in [-0.25, -0.2) is 0 Å². The second-order valence-electron chi connectivity index (χ2n) is 9.77. The summed E-state index contributed by atoms with van der Waals surface area (Å²) in [6.07, 6.45) is -0.439. The molecule has 30 heavy (non-hydrogen) atoms. The third-order valence-electron chi connectivity index (χ3n) is 5.67. The Hall–Kier alpha value is -1.51. The lowest BCUT2D eigenvalue weighted by molar-refractivity contribution is 0.0278. The molecule has 0 amide bonds. The van der Waals surface area contributed by atoms with Crippen LogP contribution < -0.4 is 15.1 Å². The van der Waals surface area contributed by atoms with E-state index in [0.717, 1.165) is 10.4 Å². The first-order chi connectivity index (χ1) is 13.9. The molecule has 5 nitrogen and oxygen atoms in total. The molecule has 1 fully saturated rings. The average Bonchev–Trinajstić information content (AvgIpc) is 2.64. The maximum absolute atomic E-state index is 12.3. The van der Waals surface area contributed by atoms with Gasteiger partial charge >= 0.3 is 10.3 Å². The molecule has 1 aliphatic rings. The van der Waals surface area contributed by atoms with Crippen LogP contribution >= 0.6 is 0 Å².